The zero-order valence-corrected chi connectivity index (χ0v) is 24.4. The fourth-order valence-electron chi connectivity index (χ4n) is 5.09. The van der Waals surface area contributed by atoms with Gasteiger partial charge in [0.25, 0.3) is 0 Å². The summed E-state index contributed by atoms with van der Waals surface area (Å²) in [4.78, 5) is 53.3. The predicted molar refractivity (Wildman–Crippen MR) is 153 cm³/mol. The number of hydrogen-bond donors (Lipinski definition) is 2. The van der Waals surface area contributed by atoms with E-state index < -0.39 is 35.0 Å². The number of anilines is 1. The van der Waals surface area contributed by atoms with Crippen molar-refractivity contribution in [3.05, 3.63) is 65.7 Å². The number of rotatable bonds is 7. The van der Waals surface area contributed by atoms with E-state index in [0.717, 1.165) is 5.56 Å². The molecule has 40 heavy (non-hydrogen) atoms. The zero-order valence-electron chi connectivity index (χ0n) is 24.4. The van der Waals surface area contributed by atoms with E-state index in [0.29, 0.717) is 24.1 Å². The van der Waals surface area contributed by atoms with Crippen molar-refractivity contribution in [2.24, 2.45) is 5.41 Å². The molecule has 3 amide bonds. The molecule has 1 aliphatic rings. The zero-order chi connectivity index (χ0) is 29.7. The van der Waals surface area contributed by atoms with Crippen molar-refractivity contribution in [3.8, 4) is 0 Å². The molecular weight excluding hydrogens is 510 g/mol. The summed E-state index contributed by atoms with van der Waals surface area (Å²) in [6.07, 6.45) is 1.07. The maximum absolute atomic E-state index is 13.5. The average Bonchev–Trinajstić information content (AvgIpc) is 3.32. The van der Waals surface area contributed by atoms with E-state index in [1.54, 1.807) is 39.0 Å². The summed E-state index contributed by atoms with van der Waals surface area (Å²) < 4.78 is 10.6. The lowest BCUT2D eigenvalue weighted by Gasteiger charge is -2.31. The van der Waals surface area contributed by atoms with Gasteiger partial charge in [0, 0.05) is 5.69 Å². The second-order valence-corrected chi connectivity index (χ2v) is 12.1. The molecule has 1 fully saturated rings. The van der Waals surface area contributed by atoms with Gasteiger partial charge in [0.15, 0.2) is 0 Å². The van der Waals surface area contributed by atoms with Gasteiger partial charge in [-0.2, -0.15) is 0 Å². The molecule has 3 atom stereocenters. The number of urea groups is 1. The number of ether oxygens (including phenoxy) is 2. The van der Waals surface area contributed by atoms with E-state index in [9.17, 15) is 19.2 Å². The van der Waals surface area contributed by atoms with Gasteiger partial charge in [0.05, 0.1) is 25.6 Å². The highest BCUT2D eigenvalue weighted by molar-refractivity contribution is 5.94. The van der Waals surface area contributed by atoms with E-state index in [4.69, 9.17) is 9.47 Å². The second kappa shape index (κ2) is 12.5. The average molecular weight is 552 g/mol. The molecule has 1 unspecified atom stereocenters. The summed E-state index contributed by atoms with van der Waals surface area (Å²) in [5, 5.41) is 5.35. The van der Waals surface area contributed by atoms with Crippen molar-refractivity contribution >= 4 is 29.6 Å². The van der Waals surface area contributed by atoms with Crippen LogP contribution in [0.1, 0.15) is 77.5 Å². The Kier molecular flexibility index (Phi) is 9.60. The Morgan fingerprint density at radius 1 is 0.950 bits per heavy atom. The molecule has 0 bridgehead atoms. The molecule has 0 spiro atoms. The molecule has 2 N–H and O–H groups in total. The number of benzene rings is 2. The molecule has 1 aliphatic heterocycles. The minimum atomic E-state index is -0.744. The maximum atomic E-state index is 13.5. The molecule has 9 heteroatoms. The number of likely N-dealkylation sites (tertiary alicyclic amines) is 1. The third kappa shape index (κ3) is 7.83. The highest BCUT2D eigenvalue weighted by Gasteiger charge is 2.43. The molecule has 0 saturated carbocycles. The molecular formula is C31H41N3O6. The Balaban J connectivity index is 1.72. The topological polar surface area (TPSA) is 114 Å². The number of methoxy groups -OCH3 is 1. The predicted octanol–water partition coefficient (Wildman–Crippen LogP) is 5.18. The van der Waals surface area contributed by atoms with Crippen LogP contribution in [0, 0.1) is 5.41 Å². The van der Waals surface area contributed by atoms with Crippen LogP contribution in [-0.4, -0.2) is 54.1 Å². The fraction of sp³-hybridized carbons (Fsp3) is 0.484. The Morgan fingerprint density at radius 3 is 2.23 bits per heavy atom. The monoisotopic (exact) mass is 551 g/mol. The van der Waals surface area contributed by atoms with Gasteiger partial charge in [-0.05, 0) is 62.3 Å². The molecule has 2 aromatic carbocycles. The number of nitrogens with one attached hydrogen (secondary N) is 2. The van der Waals surface area contributed by atoms with E-state index in [2.05, 4.69) is 10.6 Å². The largest absolute Gasteiger partial charge is 0.469 e. The summed E-state index contributed by atoms with van der Waals surface area (Å²) in [5.41, 5.74) is 0.994. The number of carbonyl (C=O) groups is 4. The number of carbonyl (C=O) groups excluding carboxylic acids is 4. The molecule has 0 aromatic heterocycles. The number of esters is 2. The van der Waals surface area contributed by atoms with Gasteiger partial charge in [-0.15, -0.1) is 0 Å². The van der Waals surface area contributed by atoms with Crippen LogP contribution in [0.4, 0.5) is 10.5 Å². The first-order chi connectivity index (χ1) is 18.7. The highest BCUT2D eigenvalue weighted by Crippen LogP contribution is 2.38. The first-order valence-corrected chi connectivity index (χ1v) is 13.5. The SMILES string of the molecule is COC(=O)[C@H](c1cccc(NC(=O)NCC(=O)N2C(C(=O)OC(C)(C)C)CC[C@@H]2c2ccccc2)c1)C(C)(C)C. The van der Waals surface area contributed by atoms with Crippen LogP contribution in [0.25, 0.3) is 0 Å². The van der Waals surface area contributed by atoms with Crippen molar-refractivity contribution < 1.29 is 28.7 Å². The van der Waals surface area contributed by atoms with E-state index in [1.807, 2.05) is 57.2 Å². The van der Waals surface area contributed by atoms with Crippen LogP contribution in [0.3, 0.4) is 0 Å². The fourth-order valence-corrected chi connectivity index (χ4v) is 5.09. The van der Waals surface area contributed by atoms with Gasteiger partial charge < -0.3 is 25.0 Å². The van der Waals surface area contributed by atoms with Gasteiger partial charge in [-0.3, -0.25) is 9.59 Å². The first-order valence-electron chi connectivity index (χ1n) is 13.5. The van der Waals surface area contributed by atoms with Crippen LogP contribution in [0.5, 0.6) is 0 Å². The van der Waals surface area contributed by atoms with Crippen molar-refractivity contribution in [2.75, 3.05) is 19.0 Å². The van der Waals surface area contributed by atoms with Crippen molar-refractivity contribution in [1.29, 1.82) is 0 Å². The van der Waals surface area contributed by atoms with Gasteiger partial charge in [0.2, 0.25) is 5.91 Å². The molecule has 2 aromatic rings. The lowest BCUT2D eigenvalue weighted by molar-refractivity contribution is -0.164. The van der Waals surface area contributed by atoms with Crippen LogP contribution in [-0.2, 0) is 23.9 Å². The minimum absolute atomic E-state index is 0.305. The molecule has 9 nitrogen and oxygen atoms in total. The maximum Gasteiger partial charge on any atom is 0.329 e. The second-order valence-electron chi connectivity index (χ2n) is 12.1. The third-order valence-corrected chi connectivity index (χ3v) is 6.72. The normalized spacial score (nSPS) is 18.0. The van der Waals surface area contributed by atoms with E-state index in [-0.39, 0.29) is 24.5 Å². The molecule has 216 valence electrons. The minimum Gasteiger partial charge on any atom is -0.469 e. The summed E-state index contributed by atoms with van der Waals surface area (Å²) in [7, 11) is 1.35. The Hall–Kier alpha value is -3.88. The molecule has 1 heterocycles. The van der Waals surface area contributed by atoms with Gasteiger partial charge in [-0.25, -0.2) is 9.59 Å². The number of nitrogens with zero attached hydrogens (tertiary/aromatic N) is 1. The summed E-state index contributed by atoms with van der Waals surface area (Å²) in [6, 6.07) is 14.9. The summed E-state index contributed by atoms with van der Waals surface area (Å²) in [5.74, 6) is -1.74. The van der Waals surface area contributed by atoms with E-state index >= 15 is 0 Å². The lowest BCUT2D eigenvalue weighted by Crippen LogP contribution is -2.48. The molecule has 3 rings (SSSR count). The standard InChI is InChI=1S/C31H41N3O6/c1-30(2,3)26(28(37)39-7)21-14-11-15-22(18-21)33-29(38)32-19-25(35)34-23(20-12-9-8-10-13-20)16-17-24(34)27(36)40-31(4,5)6/h8-15,18,23-24,26H,16-17,19H2,1-7H3,(H2,32,33,38)/t23-,24?,26+/m1/s1. The molecule has 1 saturated heterocycles. The smallest absolute Gasteiger partial charge is 0.329 e. The van der Waals surface area contributed by atoms with Crippen molar-refractivity contribution in [2.45, 2.75) is 78.0 Å². The van der Waals surface area contributed by atoms with Gasteiger partial charge in [-0.1, -0.05) is 63.2 Å². The Labute approximate surface area is 236 Å². The third-order valence-electron chi connectivity index (χ3n) is 6.72. The van der Waals surface area contributed by atoms with Crippen LogP contribution in [0.2, 0.25) is 0 Å². The van der Waals surface area contributed by atoms with Crippen molar-refractivity contribution in [3.63, 3.8) is 0 Å². The first kappa shape index (κ1) is 30.7. The van der Waals surface area contributed by atoms with Gasteiger partial charge >= 0.3 is 18.0 Å². The van der Waals surface area contributed by atoms with Crippen LogP contribution in [0.15, 0.2) is 54.6 Å². The summed E-state index contributed by atoms with van der Waals surface area (Å²) in [6.45, 7) is 10.9. The van der Waals surface area contributed by atoms with E-state index in [1.165, 1.54) is 12.0 Å². The quantitative estimate of drug-likeness (QED) is 0.458. The Bertz CT molecular complexity index is 1220. The Morgan fingerprint density at radius 2 is 1.62 bits per heavy atom. The molecule has 0 aliphatic carbocycles. The van der Waals surface area contributed by atoms with Crippen molar-refractivity contribution in [1.82, 2.24) is 10.2 Å². The number of hydrogen-bond acceptors (Lipinski definition) is 6. The summed E-state index contributed by atoms with van der Waals surface area (Å²) >= 11 is 0. The lowest BCUT2D eigenvalue weighted by atomic mass is 9.76. The highest BCUT2D eigenvalue weighted by atomic mass is 16.6. The van der Waals surface area contributed by atoms with Crippen LogP contribution < -0.4 is 10.6 Å². The molecule has 0 radical (unpaired) electrons. The van der Waals surface area contributed by atoms with Crippen LogP contribution >= 0.6 is 0 Å². The van der Waals surface area contributed by atoms with Gasteiger partial charge in [0.1, 0.15) is 11.6 Å². The number of amides is 3.